The number of amides is 2. The first-order valence-corrected chi connectivity index (χ1v) is 9.94. The van der Waals surface area contributed by atoms with E-state index in [9.17, 15) is 22.8 Å². The maximum absolute atomic E-state index is 13.3. The Kier molecular flexibility index (Phi) is 8.05. The first kappa shape index (κ1) is 27.2. The van der Waals surface area contributed by atoms with Gasteiger partial charge < -0.3 is 10.2 Å². The van der Waals surface area contributed by atoms with Crippen molar-refractivity contribution in [1.29, 1.82) is 0 Å². The van der Waals surface area contributed by atoms with Gasteiger partial charge in [0.1, 0.15) is 5.69 Å². The summed E-state index contributed by atoms with van der Waals surface area (Å²) in [5.41, 5.74) is 0.517. The lowest BCUT2D eigenvalue weighted by Gasteiger charge is -2.32. The van der Waals surface area contributed by atoms with E-state index in [0.717, 1.165) is 12.1 Å². The van der Waals surface area contributed by atoms with Crippen molar-refractivity contribution >= 4 is 48.3 Å². The fourth-order valence-corrected chi connectivity index (χ4v) is 3.86. The van der Waals surface area contributed by atoms with Crippen LogP contribution in [0.3, 0.4) is 0 Å². The molecule has 12 heteroatoms. The SMILES string of the molecule is C.Cc1cc(NC(=O)c2cnn3c2C(=O)N(c2ccc(C(F)(F)F)c(Cl)c2)C[C@@H]3C)ccn1.S. The van der Waals surface area contributed by atoms with E-state index >= 15 is 0 Å². The quantitative estimate of drug-likeness (QED) is 0.503. The highest BCUT2D eigenvalue weighted by atomic mass is 35.5. The fourth-order valence-electron chi connectivity index (χ4n) is 3.57. The molecule has 0 unspecified atom stereocenters. The van der Waals surface area contributed by atoms with Crippen molar-refractivity contribution in [2.75, 3.05) is 16.8 Å². The Morgan fingerprint density at radius 3 is 2.56 bits per heavy atom. The van der Waals surface area contributed by atoms with E-state index in [1.165, 1.54) is 21.8 Å². The number of rotatable bonds is 3. The molecule has 0 fully saturated rings. The Bertz CT molecular complexity index is 1230. The van der Waals surface area contributed by atoms with Gasteiger partial charge in [-0.3, -0.25) is 19.3 Å². The van der Waals surface area contributed by atoms with Crippen molar-refractivity contribution in [3.05, 3.63) is 70.3 Å². The molecule has 182 valence electrons. The maximum Gasteiger partial charge on any atom is 0.417 e. The van der Waals surface area contributed by atoms with Crippen molar-refractivity contribution in [3.8, 4) is 0 Å². The van der Waals surface area contributed by atoms with Crippen LogP contribution in [-0.2, 0) is 6.18 Å². The van der Waals surface area contributed by atoms with Gasteiger partial charge in [-0.2, -0.15) is 31.8 Å². The number of aromatic nitrogens is 3. The second-order valence-electron chi connectivity index (χ2n) is 7.42. The number of carbonyl (C=O) groups is 2. The number of hydrogen-bond acceptors (Lipinski definition) is 4. The predicted octanol–water partition coefficient (Wildman–Crippen LogP) is 5.48. The van der Waals surface area contributed by atoms with Crippen LogP contribution >= 0.6 is 25.1 Å². The predicted molar refractivity (Wildman–Crippen MR) is 129 cm³/mol. The van der Waals surface area contributed by atoms with Crippen molar-refractivity contribution < 1.29 is 22.8 Å². The highest BCUT2D eigenvalue weighted by molar-refractivity contribution is 7.59. The summed E-state index contributed by atoms with van der Waals surface area (Å²) in [7, 11) is 0. The van der Waals surface area contributed by atoms with Crippen LogP contribution in [0.2, 0.25) is 5.02 Å². The minimum Gasteiger partial charge on any atom is -0.322 e. The van der Waals surface area contributed by atoms with Gasteiger partial charge >= 0.3 is 6.18 Å². The average Bonchev–Trinajstić information content (AvgIpc) is 3.16. The largest absolute Gasteiger partial charge is 0.417 e. The van der Waals surface area contributed by atoms with Crippen LogP contribution in [0.5, 0.6) is 0 Å². The fraction of sp³-hybridized carbons (Fsp3) is 0.273. The van der Waals surface area contributed by atoms with Crippen molar-refractivity contribution in [2.24, 2.45) is 0 Å². The number of hydrogen-bond donors (Lipinski definition) is 1. The van der Waals surface area contributed by atoms with E-state index in [2.05, 4.69) is 15.4 Å². The van der Waals surface area contributed by atoms with Gasteiger partial charge in [0.15, 0.2) is 0 Å². The molecule has 2 amide bonds. The van der Waals surface area contributed by atoms with Crippen LogP contribution in [0.4, 0.5) is 24.5 Å². The molecule has 0 saturated carbocycles. The van der Waals surface area contributed by atoms with Crippen LogP contribution in [0, 0.1) is 6.92 Å². The van der Waals surface area contributed by atoms with Gasteiger partial charge in [-0.1, -0.05) is 19.0 Å². The molecule has 1 aliphatic heterocycles. The summed E-state index contributed by atoms with van der Waals surface area (Å²) in [5, 5.41) is 6.38. The molecule has 3 aromatic rings. The van der Waals surface area contributed by atoms with E-state index in [-0.39, 0.29) is 50.5 Å². The van der Waals surface area contributed by atoms with Crippen LogP contribution in [0.25, 0.3) is 0 Å². The number of nitrogens with one attached hydrogen (secondary N) is 1. The van der Waals surface area contributed by atoms with Crippen LogP contribution in [0.15, 0.2) is 42.7 Å². The number of pyridine rings is 1. The summed E-state index contributed by atoms with van der Waals surface area (Å²) >= 11 is 5.84. The van der Waals surface area contributed by atoms with Gasteiger partial charge in [-0.15, -0.1) is 0 Å². The van der Waals surface area contributed by atoms with E-state index in [0.29, 0.717) is 11.4 Å². The second-order valence-corrected chi connectivity index (χ2v) is 7.83. The van der Waals surface area contributed by atoms with Crippen molar-refractivity contribution in [3.63, 3.8) is 0 Å². The third kappa shape index (κ3) is 5.05. The lowest BCUT2D eigenvalue weighted by Crippen LogP contribution is -2.43. The third-order valence-corrected chi connectivity index (χ3v) is 5.39. The molecule has 0 aliphatic carbocycles. The Hall–Kier alpha value is -3.05. The summed E-state index contributed by atoms with van der Waals surface area (Å²) in [6.07, 6.45) is -1.76. The van der Waals surface area contributed by atoms with Gasteiger partial charge in [-0.05, 0) is 44.2 Å². The van der Waals surface area contributed by atoms with E-state index in [1.54, 1.807) is 32.2 Å². The topological polar surface area (TPSA) is 80.1 Å². The molecule has 1 atom stereocenters. The molecule has 0 radical (unpaired) electrons. The lowest BCUT2D eigenvalue weighted by molar-refractivity contribution is -0.137. The first-order valence-electron chi connectivity index (χ1n) is 9.56. The Labute approximate surface area is 206 Å². The molecule has 1 aliphatic rings. The van der Waals surface area contributed by atoms with Gasteiger partial charge in [0.25, 0.3) is 11.8 Å². The average molecular weight is 514 g/mol. The number of fused-ring (bicyclic) bond motifs is 1. The molecule has 7 nitrogen and oxygen atoms in total. The number of carbonyl (C=O) groups excluding carboxylic acids is 2. The van der Waals surface area contributed by atoms with E-state index < -0.39 is 28.6 Å². The molecule has 0 saturated heterocycles. The summed E-state index contributed by atoms with van der Waals surface area (Å²) in [6, 6.07) is 6.08. The van der Waals surface area contributed by atoms with Crippen LogP contribution in [0.1, 0.15) is 52.5 Å². The smallest absolute Gasteiger partial charge is 0.322 e. The van der Waals surface area contributed by atoms with Crippen LogP contribution in [-0.4, -0.2) is 33.1 Å². The molecule has 34 heavy (non-hydrogen) atoms. The molecule has 0 bridgehead atoms. The Morgan fingerprint density at radius 1 is 1.24 bits per heavy atom. The maximum atomic E-state index is 13.3. The van der Waals surface area contributed by atoms with E-state index in [1.807, 2.05) is 0 Å². The number of alkyl halides is 3. The van der Waals surface area contributed by atoms with Crippen LogP contribution < -0.4 is 10.2 Å². The minimum atomic E-state index is -4.61. The zero-order chi connectivity index (χ0) is 23.2. The van der Waals surface area contributed by atoms with Crippen molar-refractivity contribution in [1.82, 2.24) is 14.8 Å². The second kappa shape index (κ2) is 10.1. The molecule has 2 aromatic heterocycles. The highest BCUT2D eigenvalue weighted by Gasteiger charge is 2.37. The number of nitrogens with zero attached hydrogens (tertiary/aromatic N) is 4. The molecular weight excluding hydrogens is 491 g/mol. The lowest BCUT2D eigenvalue weighted by atomic mass is 10.1. The Balaban J connectivity index is 0.00000204. The summed E-state index contributed by atoms with van der Waals surface area (Å²) < 4.78 is 40.6. The Morgan fingerprint density at radius 2 is 1.94 bits per heavy atom. The monoisotopic (exact) mass is 513 g/mol. The molecular formula is C22H23ClF3N5O2S. The summed E-state index contributed by atoms with van der Waals surface area (Å²) in [4.78, 5) is 31.5. The number of aryl methyl sites for hydroxylation is 1. The standard InChI is InChI=1S/C21H17ClF3N5O2.CH4.H2S/c1-11-7-13(5-6-26-11)28-19(31)15-9-27-30-12(2)10-29(20(32)18(15)30)14-3-4-16(17(22)8-14)21(23,24)25;;/h3-9,12H,10H2,1-2H3,(H,26,28,31);1H4;1H2/t12-;;/m0../s1. The number of halogens is 4. The molecule has 1 N–H and O–H groups in total. The molecule has 3 heterocycles. The van der Waals surface area contributed by atoms with E-state index in [4.69, 9.17) is 11.6 Å². The van der Waals surface area contributed by atoms with Gasteiger partial charge in [-0.25, -0.2) is 0 Å². The van der Waals surface area contributed by atoms with Gasteiger partial charge in [0.05, 0.1) is 28.4 Å². The highest BCUT2D eigenvalue weighted by Crippen LogP contribution is 2.37. The summed E-state index contributed by atoms with van der Waals surface area (Å²) in [6.45, 7) is 3.71. The molecule has 1 aromatic carbocycles. The van der Waals surface area contributed by atoms with Crippen molar-refractivity contribution in [2.45, 2.75) is 33.5 Å². The number of anilines is 2. The zero-order valence-corrected chi connectivity index (χ0v) is 19.2. The summed E-state index contributed by atoms with van der Waals surface area (Å²) in [5.74, 6) is -1.10. The third-order valence-electron chi connectivity index (χ3n) is 5.08. The first-order chi connectivity index (χ1) is 15.1. The molecule has 0 spiro atoms. The van der Waals surface area contributed by atoms with Gasteiger partial charge in [0, 0.05) is 29.8 Å². The molecule has 4 rings (SSSR count). The normalized spacial score (nSPS) is 15.2. The zero-order valence-electron chi connectivity index (χ0n) is 17.4. The minimum absolute atomic E-state index is 0. The van der Waals surface area contributed by atoms with Gasteiger partial charge in [0.2, 0.25) is 0 Å². The number of benzene rings is 1.